The number of carbonyl (C=O) groups is 1. The van der Waals surface area contributed by atoms with Gasteiger partial charge in [0, 0.05) is 17.5 Å². The number of halogens is 1. The minimum atomic E-state index is 0. The van der Waals surface area contributed by atoms with Gasteiger partial charge in [-0.2, -0.15) is 0 Å². The molecule has 1 aliphatic heterocycles. The van der Waals surface area contributed by atoms with Crippen LogP contribution >= 0.6 is 23.7 Å². The van der Waals surface area contributed by atoms with Gasteiger partial charge < -0.3 is 10.6 Å². The number of aryl methyl sites for hydroxylation is 2. The first-order chi connectivity index (χ1) is 8.33. The van der Waals surface area contributed by atoms with Crippen LogP contribution in [0.2, 0.25) is 0 Å². The molecule has 0 spiro atoms. The van der Waals surface area contributed by atoms with Crippen molar-refractivity contribution in [2.75, 3.05) is 13.1 Å². The molecule has 0 aromatic carbocycles. The SMILES string of the molecule is Cl.O=C(N[C@H]1CCCNC1)c1cc2c(s1)CCC2. The van der Waals surface area contributed by atoms with Crippen LogP contribution in [0.15, 0.2) is 6.07 Å². The van der Waals surface area contributed by atoms with Crippen LogP contribution in [0, 0.1) is 0 Å². The van der Waals surface area contributed by atoms with Gasteiger partial charge in [0.15, 0.2) is 0 Å². The van der Waals surface area contributed by atoms with E-state index in [1.807, 2.05) is 0 Å². The smallest absolute Gasteiger partial charge is 0.261 e. The van der Waals surface area contributed by atoms with E-state index in [9.17, 15) is 4.79 Å². The first kappa shape index (κ1) is 13.8. The van der Waals surface area contributed by atoms with Crippen molar-refractivity contribution in [2.24, 2.45) is 0 Å². The van der Waals surface area contributed by atoms with Crippen LogP contribution in [0.4, 0.5) is 0 Å². The monoisotopic (exact) mass is 286 g/mol. The third-order valence-electron chi connectivity index (χ3n) is 3.60. The maximum Gasteiger partial charge on any atom is 0.261 e. The predicted molar refractivity (Wildman–Crippen MR) is 76.9 cm³/mol. The Morgan fingerprint density at radius 1 is 1.39 bits per heavy atom. The summed E-state index contributed by atoms with van der Waals surface area (Å²) in [6, 6.07) is 2.41. The lowest BCUT2D eigenvalue weighted by molar-refractivity contribution is 0.0934. The number of thiophene rings is 1. The van der Waals surface area contributed by atoms with Crippen LogP contribution < -0.4 is 10.6 Å². The molecule has 5 heteroatoms. The van der Waals surface area contributed by atoms with E-state index < -0.39 is 0 Å². The van der Waals surface area contributed by atoms with Crippen LogP contribution in [0.3, 0.4) is 0 Å². The molecule has 18 heavy (non-hydrogen) atoms. The van der Waals surface area contributed by atoms with Crippen molar-refractivity contribution >= 4 is 29.7 Å². The number of nitrogens with one attached hydrogen (secondary N) is 2. The highest BCUT2D eigenvalue weighted by Crippen LogP contribution is 2.30. The highest BCUT2D eigenvalue weighted by atomic mass is 35.5. The molecule has 1 saturated heterocycles. The van der Waals surface area contributed by atoms with E-state index in [4.69, 9.17) is 0 Å². The Bertz CT molecular complexity index is 405. The summed E-state index contributed by atoms with van der Waals surface area (Å²) in [4.78, 5) is 14.4. The number of carbonyl (C=O) groups excluding carboxylic acids is 1. The van der Waals surface area contributed by atoms with Crippen LogP contribution in [0.25, 0.3) is 0 Å². The van der Waals surface area contributed by atoms with Gasteiger partial charge in [0.05, 0.1) is 4.88 Å². The molecule has 3 rings (SSSR count). The molecule has 2 heterocycles. The number of rotatable bonds is 2. The lowest BCUT2D eigenvalue weighted by atomic mass is 10.1. The van der Waals surface area contributed by atoms with Gasteiger partial charge in [-0.05, 0) is 50.3 Å². The number of amides is 1. The Hall–Kier alpha value is -0.580. The average molecular weight is 287 g/mol. The van der Waals surface area contributed by atoms with Gasteiger partial charge in [0.25, 0.3) is 5.91 Å². The van der Waals surface area contributed by atoms with Crippen molar-refractivity contribution in [3.05, 3.63) is 21.4 Å². The van der Waals surface area contributed by atoms with Gasteiger partial charge in [-0.25, -0.2) is 0 Å². The van der Waals surface area contributed by atoms with Gasteiger partial charge in [0.1, 0.15) is 0 Å². The second kappa shape index (κ2) is 6.04. The zero-order valence-electron chi connectivity index (χ0n) is 10.3. The highest BCUT2D eigenvalue weighted by Gasteiger charge is 2.21. The molecule has 1 aliphatic carbocycles. The summed E-state index contributed by atoms with van der Waals surface area (Å²) in [5, 5.41) is 6.45. The maximum atomic E-state index is 12.1. The predicted octanol–water partition coefficient (Wildman–Crippen LogP) is 2.14. The number of piperidine rings is 1. The van der Waals surface area contributed by atoms with Crippen LogP contribution in [0.5, 0.6) is 0 Å². The summed E-state index contributed by atoms with van der Waals surface area (Å²) in [6.07, 6.45) is 5.84. The average Bonchev–Trinajstić information content (AvgIpc) is 2.90. The molecular weight excluding hydrogens is 268 g/mol. The number of fused-ring (bicyclic) bond motifs is 1. The second-order valence-electron chi connectivity index (χ2n) is 4.93. The lowest BCUT2D eigenvalue weighted by Gasteiger charge is -2.23. The molecule has 1 aromatic rings. The van der Waals surface area contributed by atoms with Gasteiger partial charge >= 0.3 is 0 Å². The summed E-state index contributed by atoms with van der Waals surface area (Å²) >= 11 is 1.69. The maximum absolute atomic E-state index is 12.1. The van der Waals surface area contributed by atoms with Gasteiger partial charge in [-0.15, -0.1) is 23.7 Å². The zero-order chi connectivity index (χ0) is 11.7. The van der Waals surface area contributed by atoms with Crippen molar-refractivity contribution in [2.45, 2.75) is 38.1 Å². The first-order valence-corrected chi connectivity index (χ1v) is 7.28. The lowest BCUT2D eigenvalue weighted by Crippen LogP contribution is -2.45. The molecule has 1 fully saturated rings. The molecule has 0 unspecified atom stereocenters. The molecule has 0 radical (unpaired) electrons. The molecule has 2 aliphatic rings. The van der Waals surface area contributed by atoms with Crippen molar-refractivity contribution in [3.63, 3.8) is 0 Å². The van der Waals surface area contributed by atoms with Crippen molar-refractivity contribution in [3.8, 4) is 0 Å². The molecule has 0 bridgehead atoms. The summed E-state index contributed by atoms with van der Waals surface area (Å²) in [6.45, 7) is 2.00. The fourth-order valence-corrected chi connectivity index (χ4v) is 3.83. The highest BCUT2D eigenvalue weighted by molar-refractivity contribution is 7.14. The Balaban J connectivity index is 0.00000120. The molecule has 1 amide bonds. The molecule has 2 N–H and O–H groups in total. The quantitative estimate of drug-likeness (QED) is 0.875. The van der Waals surface area contributed by atoms with Crippen molar-refractivity contribution < 1.29 is 4.79 Å². The van der Waals surface area contributed by atoms with Gasteiger partial charge in [0.2, 0.25) is 0 Å². The van der Waals surface area contributed by atoms with Gasteiger partial charge in [-0.1, -0.05) is 0 Å². The van der Waals surface area contributed by atoms with E-state index in [0.717, 1.165) is 43.6 Å². The van der Waals surface area contributed by atoms with Gasteiger partial charge in [-0.3, -0.25) is 4.79 Å². The fourth-order valence-electron chi connectivity index (χ4n) is 2.67. The number of hydrogen-bond donors (Lipinski definition) is 2. The molecule has 0 saturated carbocycles. The fraction of sp³-hybridized carbons (Fsp3) is 0.615. The van der Waals surface area contributed by atoms with E-state index in [1.165, 1.54) is 16.9 Å². The molecular formula is C13H19ClN2OS. The van der Waals surface area contributed by atoms with Crippen molar-refractivity contribution in [1.29, 1.82) is 0 Å². The van der Waals surface area contributed by atoms with E-state index in [1.54, 1.807) is 11.3 Å². The third kappa shape index (κ3) is 2.87. The summed E-state index contributed by atoms with van der Waals surface area (Å²) < 4.78 is 0. The van der Waals surface area contributed by atoms with Crippen molar-refractivity contribution in [1.82, 2.24) is 10.6 Å². The van der Waals surface area contributed by atoms with E-state index in [2.05, 4.69) is 16.7 Å². The minimum absolute atomic E-state index is 0. The largest absolute Gasteiger partial charge is 0.347 e. The Labute approximate surface area is 118 Å². The second-order valence-corrected chi connectivity index (χ2v) is 6.07. The molecule has 1 aromatic heterocycles. The van der Waals surface area contributed by atoms with E-state index in [-0.39, 0.29) is 18.3 Å². The molecule has 1 atom stereocenters. The van der Waals surface area contributed by atoms with Crippen LogP contribution in [-0.2, 0) is 12.8 Å². The number of hydrogen-bond acceptors (Lipinski definition) is 3. The normalized spacial score (nSPS) is 22.1. The topological polar surface area (TPSA) is 41.1 Å². The Morgan fingerprint density at radius 3 is 3.00 bits per heavy atom. The van der Waals surface area contributed by atoms with E-state index in [0.29, 0.717) is 6.04 Å². The zero-order valence-corrected chi connectivity index (χ0v) is 12.0. The Morgan fingerprint density at radius 2 is 2.28 bits per heavy atom. The molecule has 3 nitrogen and oxygen atoms in total. The third-order valence-corrected chi connectivity index (χ3v) is 4.84. The first-order valence-electron chi connectivity index (χ1n) is 6.46. The van der Waals surface area contributed by atoms with E-state index >= 15 is 0 Å². The standard InChI is InChI=1S/C13H18N2OS.ClH/c16-13(15-10-4-2-6-14-8-10)12-7-9-3-1-5-11(9)17-12;/h7,10,14H,1-6,8H2,(H,15,16);1H/t10-;/m0./s1. The summed E-state index contributed by atoms with van der Waals surface area (Å²) in [5.74, 6) is 0.123. The Kier molecular flexibility index (Phi) is 4.65. The van der Waals surface area contributed by atoms with Crippen LogP contribution in [0.1, 0.15) is 39.4 Å². The van der Waals surface area contributed by atoms with Crippen LogP contribution in [-0.4, -0.2) is 25.0 Å². The minimum Gasteiger partial charge on any atom is -0.347 e. The molecule has 100 valence electrons. The summed E-state index contributed by atoms with van der Waals surface area (Å²) in [7, 11) is 0. The summed E-state index contributed by atoms with van der Waals surface area (Å²) in [5.41, 5.74) is 1.40.